The molecule has 66 valence electrons. The average Bonchev–Trinajstić information content (AvgIpc) is 2.64. The number of aldehydes is 1. The summed E-state index contributed by atoms with van der Waals surface area (Å²) in [5, 5.41) is 2.41. The Labute approximate surface area is 81.7 Å². The fourth-order valence-corrected chi connectivity index (χ4v) is 2.03. The first-order valence-corrected chi connectivity index (χ1v) is 4.58. The third-order valence-electron chi connectivity index (χ3n) is 2.64. The zero-order chi connectivity index (χ0) is 9.54. The van der Waals surface area contributed by atoms with Crippen LogP contribution in [0.5, 0.6) is 0 Å². The number of benzene rings is 2. The summed E-state index contributed by atoms with van der Waals surface area (Å²) in [7, 11) is 0. The molecule has 2 aromatic rings. The molecule has 0 aliphatic heterocycles. The average molecular weight is 180 g/mol. The van der Waals surface area contributed by atoms with Gasteiger partial charge < -0.3 is 0 Å². The van der Waals surface area contributed by atoms with Crippen molar-refractivity contribution in [1.29, 1.82) is 0 Å². The lowest BCUT2D eigenvalue weighted by molar-refractivity contribution is 0.112. The van der Waals surface area contributed by atoms with Crippen LogP contribution in [0.2, 0.25) is 0 Å². The molecular formula is C13H8O. The molecule has 2 aromatic carbocycles. The number of hydrogen-bond donors (Lipinski definition) is 0. The highest BCUT2D eigenvalue weighted by atomic mass is 16.1. The largest absolute Gasteiger partial charge is 0.298 e. The predicted octanol–water partition coefficient (Wildman–Crippen LogP) is 3.14. The van der Waals surface area contributed by atoms with Crippen LogP contribution in [-0.4, -0.2) is 6.29 Å². The van der Waals surface area contributed by atoms with Crippen LogP contribution in [0, 0.1) is 0 Å². The zero-order valence-electron chi connectivity index (χ0n) is 7.53. The fourth-order valence-electron chi connectivity index (χ4n) is 2.03. The van der Waals surface area contributed by atoms with Gasteiger partial charge in [0, 0.05) is 5.56 Å². The molecule has 0 amide bonds. The molecule has 0 heterocycles. The molecule has 0 unspecified atom stereocenters. The van der Waals surface area contributed by atoms with Gasteiger partial charge in [-0.1, -0.05) is 30.4 Å². The monoisotopic (exact) mass is 180 g/mol. The van der Waals surface area contributed by atoms with Crippen LogP contribution < -0.4 is 0 Å². The second-order valence-electron chi connectivity index (χ2n) is 3.51. The Balaban J connectivity index is 2.52. The van der Waals surface area contributed by atoms with Crippen LogP contribution in [0.15, 0.2) is 30.3 Å². The minimum atomic E-state index is 0.746. The Morgan fingerprint density at radius 1 is 1.00 bits per heavy atom. The highest BCUT2D eigenvalue weighted by Gasteiger charge is 2.09. The molecule has 1 aliphatic rings. The third-order valence-corrected chi connectivity index (χ3v) is 2.64. The van der Waals surface area contributed by atoms with E-state index in [4.69, 9.17) is 0 Å². The Morgan fingerprint density at radius 2 is 1.86 bits per heavy atom. The summed E-state index contributed by atoms with van der Waals surface area (Å²) in [5.41, 5.74) is 3.14. The molecule has 0 spiro atoms. The maximum atomic E-state index is 10.7. The van der Waals surface area contributed by atoms with Gasteiger partial charge in [0.15, 0.2) is 0 Å². The molecule has 0 saturated carbocycles. The first kappa shape index (κ1) is 7.51. The minimum Gasteiger partial charge on any atom is -0.298 e. The van der Waals surface area contributed by atoms with Gasteiger partial charge >= 0.3 is 0 Å². The second-order valence-corrected chi connectivity index (χ2v) is 3.51. The molecule has 1 aliphatic carbocycles. The maximum absolute atomic E-state index is 10.7. The first-order valence-electron chi connectivity index (χ1n) is 4.58. The van der Waals surface area contributed by atoms with Crippen molar-refractivity contribution >= 4 is 29.2 Å². The van der Waals surface area contributed by atoms with Gasteiger partial charge in [-0.15, -0.1) is 0 Å². The molecule has 0 N–H and O–H groups in total. The lowest BCUT2D eigenvalue weighted by Gasteiger charge is -2.02. The van der Waals surface area contributed by atoms with Gasteiger partial charge in [0.1, 0.15) is 6.29 Å². The van der Waals surface area contributed by atoms with Gasteiger partial charge in [-0.05, 0) is 34.0 Å². The quantitative estimate of drug-likeness (QED) is 0.526. The van der Waals surface area contributed by atoms with Gasteiger partial charge in [0.05, 0.1) is 0 Å². The lowest BCUT2D eigenvalue weighted by atomic mass is 10.0. The smallest absolute Gasteiger partial charge is 0.150 e. The van der Waals surface area contributed by atoms with Crippen LogP contribution >= 0.6 is 0 Å². The van der Waals surface area contributed by atoms with Crippen molar-refractivity contribution in [1.82, 2.24) is 0 Å². The van der Waals surface area contributed by atoms with Crippen molar-refractivity contribution in [2.75, 3.05) is 0 Å². The van der Waals surface area contributed by atoms with E-state index in [0.29, 0.717) is 0 Å². The number of hydrogen-bond acceptors (Lipinski definition) is 1. The van der Waals surface area contributed by atoms with E-state index < -0.39 is 0 Å². The normalized spacial score (nSPS) is 12.3. The Kier molecular flexibility index (Phi) is 1.37. The second kappa shape index (κ2) is 2.55. The van der Waals surface area contributed by atoms with Gasteiger partial charge in [-0.3, -0.25) is 4.79 Å². The Bertz CT molecular complexity index is 565. The van der Waals surface area contributed by atoms with Crippen LogP contribution in [0.1, 0.15) is 21.5 Å². The summed E-state index contributed by atoms with van der Waals surface area (Å²) in [4.78, 5) is 10.7. The van der Waals surface area contributed by atoms with Gasteiger partial charge in [0.25, 0.3) is 0 Å². The molecule has 1 heteroatoms. The maximum Gasteiger partial charge on any atom is 0.150 e. The van der Waals surface area contributed by atoms with E-state index in [1.807, 2.05) is 24.3 Å². The molecule has 0 saturated heterocycles. The molecule has 0 bridgehead atoms. The Hall–Kier alpha value is -1.89. The van der Waals surface area contributed by atoms with E-state index in [2.05, 4.69) is 18.2 Å². The summed E-state index contributed by atoms with van der Waals surface area (Å²) in [6.07, 6.45) is 5.05. The first-order chi connectivity index (χ1) is 6.88. The summed E-state index contributed by atoms with van der Waals surface area (Å²) in [6, 6.07) is 10.0. The number of rotatable bonds is 1. The van der Waals surface area contributed by atoms with E-state index in [1.165, 1.54) is 10.9 Å². The van der Waals surface area contributed by atoms with Crippen molar-refractivity contribution in [3.8, 4) is 0 Å². The highest BCUT2D eigenvalue weighted by Crippen LogP contribution is 2.31. The third kappa shape index (κ3) is 0.867. The minimum absolute atomic E-state index is 0.746. The van der Waals surface area contributed by atoms with Crippen molar-refractivity contribution < 1.29 is 4.79 Å². The number of carbonyl (C=O) groups is 1. The van der Waals surface area contributed by atoms with E-state index in [0.717, 1.165) is 22.8 Å². The topological polar surface area (TPSA) is 17.1 Å². The molecule has 14 heavy (non-hydrogen) atoms. The number of carbonyl (C=O) groups excluding carboxylic acids is 1. The molecule has 1 nitrogen and oxygen atoms in total. The molecular weight excluding hydrogens is 172 g/mol. The van der Waals surface area contributed by atoms with Crippen LogP contribution in [0.4, 0.5) is 0 Å². The van der Waals surface area contributed by atoms with Crippen molar-refractivity contribution in [3.05, 3.63) is 47.0 Å². The van der Waals surface area contributed by atoms with Crippen LogP contribution in [-0.2, 0) is 0 Å². The van der Waals surface area contributed by atoms with Crippen LogP contribution in [0.3, 0.4) is 0 Å². The summed E-state index contributed by atoms with van der Waals surface area (Å²) >= 11 is 0. The summed E-state index contributed by atoms with van der Waals surface area (Å²) in [5.74, 6) is 0. The molecule has 0 atom stereocenters. The SMILES string of the molecule is O=Cc1cc2c3c(cccc3c1)C=C2. The van der Waals surface area contributed by atoms with Crippen molar-refractivity contribution in [2.24, 2.45) is 0 Å². The van der Waals surface area contributed by atoms with E-state index in [1.54, 1.807) is 0 Å². The molecule has 0 radical (unpaired) electrons. The van der Waals surface area contributed by atoms with Gasteiger partial charge in [0.2, 0.25) is 0 Å². The van der Waals surface area contributed by atoms with E-state index >= 15 is 0 Å². The predicted molar refractivity (Wildman–Crippen MR) is 58.3 cm³/mol. The molecule has 3 rings (SSSR count). The van der Waals surface area contributed by atoms with E-state index in [-0.39, 0.29) is 0 Å². The molecule has 0 fully saturated rings. The van der Waals surface area contributed by atoms with Crippen molar-refractivity contribution in [3.63, 3.8) is 0 Å². The fraction of sp³-hybridized carbons (Fsp3) is 0. The lowest BCUT2D eigenvalue weighted by Crippen LogP contribution is -1.84. The molecule has 0 aromatic heterocycles. The van der Waals surface area contributed by atoms with E-state index in [9.17, 15) is 4.79 Å². The standard InChI is InChI=1S/C13H8O/c14-8-9-6-11-3-1-2-10-4-5-12(7-9)13(10)11/h1-8H. The van der Waals surface area contributed by atoms with Gasteiger partial charge in [-0.2, -0.15) is 0 Å². The van der Waals surface area contributed by atoms with Crippen LogP contribution in [0.25, 0.3) is 22.9 Å². The van der Waals surface area contributed by atoms with Crippen molar-refractivity contribution in [2.45, 2.75) is 0 Å². The summed E-state index contributed by atoms with van der Waals surface area (Å²) in [6.45, 7) is 0. The van der Waals surface area contributed by atoms with Gasteiger partial charge in [-0.25, -0.2) is 0 Å². The zero-order valence-corrected chi connectivity index (χ0v) is 7.53. The Morgan fingerprint density at radius 3 is 2.71 bits per heavy atom. The highest BCUT2D eigenvalue weighted by molar-refractivity contribution is 6.06. The summed E-state index contributed by atoms with van der Waals surface area (Å²) < 4.78 is 0.